The van der Waals surface area contributed by atoms with Gasteiger partial charge in [0, 0.05) is 19.6 Å². The number of hydrogen-bond acceptors (Lipinski definition) is 4. The summed E-state index contributed by atoms with van der Waals surface area (Å²) in [7, 11) is 0. The Morgan fingerprint density at radius 3 is 2.71 bits per heavy atom. The highest BCUT2D eigenvalue weighted by Gasteiger charge is 2.28. The third-order valence-corrected chi connectivity index (χ3v) is 5.80. The molecule has 0 saturated carbocycles. The van der Waals surface area contributed by atoms with Crippen molar-refractivity contribution in [1.29, 1.82) is 0 Å². The number of nitrogens with zero attached hydrogens (tertiary/aromatic N) is 1. The molecule has 2 aliphatic heterocycles. The highest BCUT2D eigenvalue weighted by Crippen LogP contribution is 2.18. The zero-order chi connectivity index (χ0) is 19.9. The van der Waals surface area contributed by atoms with Gasteiger partial charge in [-0.25, -0.2) is 4.39 Å². The van der Waals surface area contributed by atoms with Gasteiger partial charge in [0.25, 0.3) is 0 Å². The SMILES string of the molecule is CC(C(=O)NCc1ccc(F)cc1)N1CCCC(CNC(=O)C2CCCN2)C1. The van der Waals surface area contributed by atoms with Gasteiger partial charge >= 0.3 is 0 Å². The van der Waals surface area contributed by atoms with Crippen molar-refractivity contribution in [2.24, 2.45) is 5.92 Å². The third kappa shape index (κ3) is 5.75. The van der Waals surface area contributed by atoms with Gasteiger partial charge in [-0.1, -0.05) is 12.1 Å². The van der Waals surface area contributed by atoms with Crippen LogP contribution in [0.25, 0.3) is 0 Å². The molecule has 2 aliphatic rings. The molecule has 2 amide bonds. The average molecular weight is 391 g/mol. The number of likely N-dealkylation sites (tertiary alicyclic amines) is 1. The van der Waals surface area contributed by atoms with Crippen molar-refractivity contribution in [2.45, 2.75) is 51.2 Å². The van der Waals surface area contributed by atoms with Crippen molar-refractivity contribution in [3.63, 3.8) is 0 Å². The van der Waals surface area contributed by atoms with Gasteiger partial charge in [-0.2, -0.15) is 0 Å². The lowest BCUT2D eigenvalue weighted by Crippen LogP contribution is -2.51. The fourth-order valence-corrected chi connectivity index (χ4v) is 4.00. The van der Waals surface area contributed by atoms with Crippen molar-refractivity contribution in [3.8, 4) is 0 Å². The number of rotatable bonds is 7. The summed E-state index contributed by atoms with van der Waals surface area (Å²) < 4.78 is 13.0. The molecule has 3 rings (SSSR count). The molecule has 2 heterocycles. The van der Waals surface area contributed by atoms with Gasteiger partial charge in [-0.3, -0.25) is 14.5 Å². The van der Waals surface area contributed by atoms with Gasteiger partial charge in [-0.15, -0.1) is 0 Å². The topological polar surface area (TPSA) is 73.5 Å². The molecule has 0 spiro atoms. The molecule has 1 aromatic carbocycles. The van der Waals surface area contributed by atoms with Gasteiger partial charge in [-0.05, 0) is 69.3 Å². The summed E-state index contributed by atoms with van der Waals surface area (Å²) >= 11 is 0. The molecule has 154 valence electrons. The van der Waals surface area contributed by atoms with Crippen molar-refractivity contribution in [2.75, 3.05) is 26.2 Å². The Morgan fingerprint density at radius 2 is 2.00 bits per heavy atom. The van der Waals surface area contributed by atoms with Crippen molar-refractivity contribution in [3.05, 3.63) is 35.6 Å². The van der Waals surface area contributed by atoms with E-state index in [2.05, 4.69) is 20.9 Å². The Labute approximate surface area is 166 Å². The Hall–Kier alpha value is -1.99. The van der Waals surface area contributed by atoms with Crippen LogP contribution in [-0.2, 0) is 16.1 Å². The van der Waals surface area contributed by atoms with Gasteiger partial charge in [0.05, 0.1) is 12.1 Å². The summed E-state index contributed by atoms with van der Waals surface area (Å²) in [5.74, 6) is 0.161. The standard InChI is InChI=1S/C21H31FN4O2/c1-15(20(27)24-12-16-6-8-18(22)9-7-16)26-11-3-4-17(14-26)13-25-21(28)19-5-2-10-23-19/h6-9,15,17,19,23H,2-5,10-14H2,1H3,(H,24,27)(H,25,28). The molecular weight excluding hydrogens is 359 g/mol. The van der Waals surface area contributed by atoms with Crippen LogP contribution in [0, 0.1) is 11.7 Å². The van der Waals surface area contributed by atoms with Gasteiger partial charge < -0.3 is 16.0 Å². The summed E-state index contributed by atoms with van der Waals surface area (Å²) in [5.41, 5.74) is 0.877. The molecule has 0 radical (unpaired) electrons. The van der Waals surface area contributed by atoms with E-state index in [1.54, 1.807) is 12.1 Å². The maximum atomic E-state index is 13.0. The van der Waals surface area contributed by atoms with E-state index >= 15 is 0 Å². The second kappa shape index (κ2) is 9.98. The van der Waals surface area contributed by atoms with E-state index in [1.807, 2.05) is 6.92 Å². The van der Waals surface area contributed by atoms with Crippen LogP contribution in [-0.4, -0.2) is 55.0 Å². The number of carbonyl (C=O) groups is 2. The number of carbonyl (C=O) groups excluding carboxylic acids is 2. The highest BCUT2D eigenvalue weighted by atomic mass is 19.1. The summed E-state index contributed by atoms with van der Waals surface area (Å²) in [4.78, 5) is 26.9. The first-order chi connectivity index (χ1) is 13.5. The normalized spacial score (nSPS) is 23.9. The van der Waals surface area contributed by atoms with Crippen LogP contribution in [0.1, 0.15) is 38.2 Å². The Balaban J connectivity index is 1.42. The summed E-state index contributed by atoms with van der Waals surface area (Å²) in [5, 5.41) is 9.23. The van der Waals surface area contributed by atoms with E-state index in [4.69, 9.17) is 0 Å². The van der Waals surface area contributed by atoms with E-state index in [1.165, 1.54) is 12.1 Å². The van der Waals surface area contributed by atoms with Gasteiger partial charge in [0.15, 0.2) is 0 Å². The molecule has 6 nitrogen and oxygen atoms in total. The molecule has 2 saturated heterocycles. The lowest BCUT2D eigenvalue weighted by molar-refractivity contribution is -0.127. The monoisotopic (exact) mass is 390 g/mol. The van der Waals surface area contributed by atoms with E-state index in [0.717, 1.165) is 50.9 Å². The van der Waals surface area contributed by atoms with Crippen molar-refractivity contribution < 1.29 is 14.0 Å². The maximum absolute atomic E-state index is 13.0. The fraction of sp³-hybridized carbons (Fsp3) is 0.619. The first kappa shape index (κ1) is 20.7. The molecule has 3 unspecified atom stereocenters. The quantitative estimate of drug-likeness (QED) is 0.658. The third-order valence-electron chi connectivity index (χ3n) is 5.80. The minimum atomic E-state index is -0.279. The van der Waals surface area contributed by atoms with E-state index < -0.39 is 0 Å². The van der Waals surface area contributed by atoms with Gasteiger partial charge in [0.2, 0.25) is 11.8 Å². The van der Waals surface area contributed by atoms with Crippen molar-refractivity contribution in [1.82, 2.24) is 20.9 Å². The molecular formula is C21H31FN4O2. The van der Waals surface area contributed by atoms with E-state index in [-0.39, 0.29) is 29.7 Å². The Kier molecular flexibility index (Phi) is 7.39. The van der Waals surface area contributed by atoms with Crippen LogP contribution in [0.3, 0.4) is 0 Å². The first-order valence-corrected chi connectivity index (χ1v) is 10.3. The van der Waals surface area contributed by atoms with Crippen molar-refractivity contribution >= 4 is 11.8 Å². The molecule has 0 aliphatic carbocycles. The average Bonchev–Trinajstić information content (AvgIpc) is 3.26. The zero-order valence-electron chi connectivity index (χ0n) is 16.5. The number of piperidine rings is 1. The number of amides is 2. The van der Waals surface area contributed by atoms with Crippen LogP contribution >= 0.6 is 0 Å². The van der Waals surface area contributed by atoms with E-state index in [9.17, 15) is 14.0 Å². The first-order valence-electron chi connectivity index (χ1n) is 10.3. The predicted octanol–water partition coefficient (Wildman–Crippen LogP) is 1.41. The minimum absolute atomic E-state index is 0.0239. The van der Waals surface area contributed by atoms with Crippen LogP contribution in [0.2, 0.25) is 0 Å². The lowest BCUT2D eigenvalue weighted by Gasteiger charge is -2.36. The summed E-state index contributed by atoms with van der Waals surface area (Å²) in [6, 6.07) is 5.88. The van der Waals surface area contributed by atoms with Gasteiger partial charge in [0.1, 0.15) is 5.82 Å². The highest BCUT2D eigenvalue weighted by molar-refractivity contribution is 5.82. The number of halogens is 1. The number of hydrogen-bond donors (Lipinski definition) is 3. The molecule has 0 bridgehead atoms. The lowest BCUT2D eigenvalue weighted by atomic mass is 9.96. The molecule has 28 heavy (non-hydrogen) atoms. The second-order valence-corrected chi connectivity index (χ2v) is 7.92. The predicted molar refractivity (Wildman–Crippen MR) is 106 cm³/mol. The molecule has 0 aromatic heterocycles. The Bertz CT molecular complexity index is 661. The summed E-state index contributed by atoms with van der Waals surface area (Å²) in [6.45, 7) is 5.59. The smallest absolute Gasteiger partial charge is 0.237 e. The fourth-order valence-electron chi connectivity index (χ4n) is 4.00. The minimum Gasteiger partial charge on any atom is -0.354 e. The number of benzene rings is 1. The van der Waals surface area contributed by atoms with E-state index in [0.29, 0.717) is 19.0 Å². The van der Waals surface area contributed by atoms with Crippen LogP contribution in [0.5, 0.6) is 0 Å². The largest absolute Gasteiger partial charge is 0.354 e. The van der Waals surface area contributed by atoms with Crippen LogP contribution in [0.4, 0.5) is 4.39 Å². The maximum Gasteiger partial charge on any atom is 0.237 e. The Morgan fingerprint density at radius 1 is 1.21 bits per heavy atom. The number of nitrogens with one attached hydrogen (secondary N) is 3. The zero-order valence-corrected chi connectivity index (χ0v) is 16.5. The van der Waals surface area contributed by atoms with Crippen LogP contribution < -0.4 is 16.0 Å². The molecule has 2 fully saturated rings. The second-order valence-electron chi connectivity index (χ2n) is 7.92. The van der Waals surface area contributed by atoms with Crippen LogP contribution in [0.15, 0.2) is 24.3 Å². The summed E-state index contributed by atoms with van der Waals surface area (Å²) in [6.07, 6.45) is 4.06. The molecule has 3 N–H and O–H groups in total. The molecule has 7 heteroatoms. The molecule has 1 aromatic rings. The molecule has 3 atom stereocenters.